The van der Waals surface area contributed by atoms with Crippen molar-refractivity contribution in [1.29, 1.82) is 0 Å². The van der Waals surface area contributed by atoms with Crippen LogP contribution in [0.5, 0.6) is 23.0 Å². The van der Waals surface area contributed by atoms with E-state index < -0.39 is 18.2 Å². The Hall–Kier alpha value is -4.08. The number of ether oxygens (including phenoxy) is 4. The highest BCUT2D eigenvalue weighted by atomic mass is 16.5. The third-order valence-corrected chi connectivity index (χ3v) is 4.14. The average Bonchev–Trinajstić information content (AvgIpc) is 2.81. The molecule has 2 amide bonds. The monoisotopic (exact) mass is 456 g/mol. The molecular weight excluding hydrogens is 428 g/mol. The Bertz CT molecular complexity index is 927. The summed E-state index contributed by atoms with van der Waals surface area (Å²) in [5.41, 5.74) is 5.84. The zero-order valence-electron chi connectivity index (χ0n) is 19.1. The summed E-state index contributed by atoms with van der Waals surface area (Å²) in [6.45, 7) is 4.67. The fraction of sp³-hybridized carbons (Fsp3) is 0.304. The molecule has 0 bridgehead atoms. The second-order valence-electron chi connectivity index (χ2n) is 6.44. The zero-order chi connectivity index (χ0) is 24.1. The maximum absolute atomic E-state index is 12.0. The minimum Gasteiger partial charge on any atom is -0.497 e. The molecule has 0 atom stereocenters. The molecule has 2 N–H and O–H groups in total. The SMILES string of the molecule is CCOc1ccc(OC)cc1/C=N/NC(=O)CC(=O)N/N=C/c1cc(OC)ccc1OCC. The molecule has 0 aliphatic heterocycles. The number of hydrogen-bond donors (Lipinski definition) is 2. The summed E-state index contributed by atoms with van der Waals surface area (Å²) in [5, 5.41) is 7.77. The minimum atomic E-state index is -0.601. The number of carbonyl (C=O) groups is 2. The Labute approximate surface area is 192 Å². The van der Waals surface area contributed by atoms with Gasteiger partial charge in [0.1, 0.15) is 29.4 Å². The summed E-state index contributed by atoms with van der Waals surface area (Å²) in [6.07, 6.45) is 2.38. The lowest BCUT2D eigenvalue weighted by molar-refractivity contribution is -0.129. The van der Waals surface area contributed by atoms with Crippen molar-refractivity contribution in [2.45, 2.75) is 20.3 Å². The van der Waals surface area contributed by atoms with Gasteiger partial charge in [-0.1, -0.05) is 0 Å². The van der Waals surface area contributed by atoms with Crippen LogP contribution >= 0.6 is 0 Å². The van der Waals surface area contributed by atoms with Crippen LogP contribution in [0.25, 0.3) is 0 Å². The van der Waals surface area contributed by atoms with E-state index in [1.807, 2.05) is 13.8 Å². The molecule has 0 radical (unpaired) electrons. The van der Waals surface area contributed by atoms with Gasteiger partial charge < -0.3 is 18.9 Å². The first-order valence-electron chi connectivity index (χ1n) is 10.3. The lowest BCUT2D eigenvalue weighted by atomic mass is 10.2. The summed E-state index contributed by atoms with van der Waals surface area (Å²) in [4.78, 5) is 24.0. The summed E-state index contributed by atoms with van der Waals surface area (Å²) in [7, 11) is 3.09. The summed E-state index contributed by atoms with van der Waals surface area (Å²) < 4.78 is 21.4. The van der Waals surface area contributed by atoms with Crippen molar-refractivity contribution >= 4 is 24.2 Å². The number of benzene rings is 2. The van der Waals surface area contributed by atoms with E-state index in [1.54, 1.807) is 50.6 Å². The molecule has 0 unspecified atom stereocenters. The van der Waals surface area contributed by atoms with E-state index in [0.717, 1.165) is 0 Å². The Morgan fingerprint density at radius 1 is 0.788 bits per heavy atom. The van der Waals surface area contributed by atoms with E-state index in [1.165, 1.54) is 12.4 Å². The van der Waals surface area contributed by atoms with Crippen molar-refractivity contribution in [2.75, 3.05) is 27.4 Å². The quantitative estimate of drug-likeness (QED) is 0.288. The number of nitrogens with one attached hydrogen (secondary N) is 2. The smallest absolute Gasteiger partial charge is 0.249 e. The van der Waals surface area contributed by atoms with Gasteiger partial charge in [0.25, 0.3) is 0 Å². The zero-order valence-corrected chi connectivity index (χ0v) is 19.1. The summed E-state index contributed by atoms with van der Waals surface area (Å²) in [5.74, 6) is 1.21. The van der Waals surface area contributed by atoms with Crippen molar-refractivity contribution in [1.82, 2.24) is 10.9 Å². The van der Waals surface area contributed by atoms with Gasteiger partial charge in [-0.25, -0.2) is 10.9 Å². The Morgan fingerprint density at radius 2 is 1.21 bits per heavy atom. The molecule has 2 aromatic rings. The first-order chi connectivity index (χ1) is 16.0. The molecule has 0 spiro atoms. The van der Waals surface area contributed by atoms with Gasteiger partial charge in [0, 0.05) is 11.1 Å². The van der Waals surface area contributed by atoms with Crippen molar-refractivity contribution in [3.8, 4) is 23.0 Å². The van der Waals surface area contributed by atoms with E-state index in [4.69, 9.17) is 18.9 Å². The molecule has 2 rings (SSSR count). The number of methoxy groups -OCH3 is 2. The molecule has 0 aliphatic carbocycles. The van der Waals surface area contributed by atoms with Gasteiger partial charge in [-0.3, -0.25) is 9.59 Å². The maximum atomic E-state index is 12.0. The highest BCUT2D eigenvalue weighted by Gasteiger charge is 2.09. The van der Waals surface area contributed by atoms with Crippen LogP contribution < -0.4 is 29.8 Å². The highest BCUT2D eigenvalue weighted by molar-refractivity contribution is 5.97. The molecule has 0 fully saturated rings. The normalized spacial score (nSPS) is 10.8. The molecular formula is C23H28N4O6. The van der Waals surface area contributed by atoms with Gasteiger partial charge in [-0.2, -0.15) is 10.2 Å². The fourth-order valence-electron chi connectivity index (χ4n) is 2.66. The molecule has 0 saturated carbocycles. The number of nitrogens with zero attached hydrogens (tertiary/aromatic N) is 2. The van der Waals surface area contributed by atoms with Crippen LogP contribution in [0.4, 0.5) is 0 Å². The number of amides is 2. The number of rotatable bonds is 12. The summed E-state index contributed by atoms with van der Waals surface area (Å²) in [6, 6.07) is 10.4. The highest BCUT2D eigenvalue weighted by Crippen LogP contribution is 2.23. The van der Waals surface area contributed by atoms with Crippen molar-refractivity contribution in [3.05, 3.63) is 47.5 Å². The molecule has 2 aromatic carbocycles. The van der Waals surface area contributed by atoms with Gasteiger partial charge in [0.05, 0.1) is 39.9 Å². The minimum absolute atomic E-state index is 0.457. The van der Waals surface area contributed by atoms with E-state index in [2.05, 4.69) is 21.1 Å². The second-order valence-corrected chi connectivity index (χ2v) is 6.44. The third-order valence-electron chi connectivity index (χ3n) is 4.14. The lowest BCUT2D eigenvalue weighted by Crippen LogP contribution is -2.27. The van der Waals surface area contributed by atoms with Gasteiger partial charge in [0.15, 0.2) is 0 Å². The van der Waals surface area contributed by atoms with Crippen LogP contribution in [0.1, 0.15) is 31.4 Å². The van der Waals surface area contributed by atoms with E-state index >= 15 is 0 Å². The Kier molecular flexibility index (Phi) is 10.2. The fourth-order valence-corrected chi connectivity index (χ4v) is 2.66. The van der Waals surface area contributed by atoms with Gasteiger partial charge >= 0.3 is 0 Å². The molecule has 33 heavy (non-hydrogen) atoms. The van der Waals surface area contributed by atoms with E-state index in [0.29, 0.717) is 47.3 Å². The molecule has 10 heteroatoms. The van der Waals surface area contributed by atoms with E-state index in [9.17, 15) is 9.59 Å². The second kappa shape index (κ2) is 13.4. The summed E-state index contributed by atoms with van der Waals surface area (Å²) >= 11 is 0. The molecule has 10 nitrogen and oxygen atoms in total. The topological polar surface area (TPSA) is 120 Å². The standard InChI is InChI=1S/C23H28N4O6/c1-5-32-20-9-7-18(30-3)11-16(20)14-24-26-22(28)13-23(29)27-25-15-17-12-19(31-4)8-10-21(17)33-6-2/h7-12,14-15H,5-6,13H2,1-4H3,(H,26,28)(H,27,29)/b24-14+,25-15+. The Morgan fingerprint density at radius 3 is 1.58 bits per heavy atom. The number of hydrazone groups is 2. The molecule has 176 valence electrons. The van der Waals surface area contributed by atoms with Gasteiger partial charge in [-0.05, 0) is 50.2 Å². The van der Waals surface area contributed by atoms with Crippen molar-refractivity contribution < 1.29 is 28.5 Å². The maximum Gasteiger partial charge on any atom is 0.249 e. The molecule has 0 aliphatic rings. The van der Waals surface area contributed by atoms with Crippen molar-refractivity contribution in [2.24, 2.45) is 10.2 Å². The van der Waals surface area contributed by atoms with Crippen LogP contribution in [0.3, 0.4) is 0 Å². The largest absolute Gasteiger partial charge is 0.497 e. The van der Waals surface area contributed by atoms with Gasteiger partial charge in [-0.15, -0.1) is 0 Å². The molecule has 0 saturated heterocycles. The number of hydrogen-bond acceptors (Lipinski definition) is 8. The first kappa shape index (κ1) is 25.2. The van der Waals surface area contributed by atoms with Crippen LogP contribution in [-0.2, 0) is 9.59 Å². The average molecular weight is 456 g/mol. The lowest BCUT2D eigenvalue weighted by Gasteiger charge is -2.09. The van der Waals surface area contributed by atoms with Crippen LogP contribution in [0.15, 0.2) is 46.6 Å². The Balaban J connectivity index is 1.91. The van der Waals surface area contributed by atoms with Gasteiger partial charge in [0.2, 0.25) is 11.8 Å². The predicted octanol–water partition coefficient (Wildman–Crippen LogP) is 2.49. The third kappa shape index (κ3) is 8.17. The molecule has 0 aromatic heterocycles. The first-order valence-corrected chi connectivity index (χ1v) is 10.3. The molecule has 0 heterocycles. The number of carbonyl (C=O) groups excluding carboxylic acids is 2. The van der Waals surface area contributed by atoms with Crippen LogP contribution in [0, 0.1) is 0 Å². The van der Waals surface area contributed by atoms with E-state index in [-0.39, 0.29) is 0 Å². The van der Waals surface area contributed by atoms with Crippen LogP contribution in [0.2, 0.25) is 0 Å². The van der Waals surface area contributed by atoms with Crippen LogP contribution in [-0.4, -0.2) is 51.7 Å². The predicted molar refractivity (Wildman–Crippen MR) is 124 cm³/mol. The van der Waals surface area contributed by atoms with Crippen molar-refractivity contribution in [3.63, 3.8) is 0 Å².